The number of nitrogens with one attached hydrogen (secondary N) is 1. The third kappa shape index (κ3) is 6.49. The highest BCUT2D eigenvalue weighted by atomic mass is 35.5. The van der Waals surface area contributed by atoms with E-state index in [1.807, 2.05) is 4.90 Å². The van der Waals surface area contributed by atoms with Gasteiger partial charge in [0.2, 0.25) is 5.03 Å². The Morgan fingerprint density at radius 3 is 2.15 bits per heavy atom. The summed E-state index contributed by atoms with van der Waals surface area (Å²) in [5.41, 5.74) is -4.66. The number of benzene rings is 1. The molecule has 2 aliphatic rings. The molecule has 1 N–H and O–H groups in total. The maximum atomic E-state index is 13.5. The molecule has 0 unspecified atom stereocenters. The van der Waals surface area contributed by atoms with Crippen LogP contribution in [0.15, 0.2) is 29.4 Å². The molecule has 2 heterocycles. The van der Waals surface area contributed by atoms with Crippen LogP contribution in [0.25, 0.3) is 0 Å². The number of rotatable bonds is 6. The van der Waals surface area contributed by atoms with Crippen LogP contribution in [0.5, 0.6) is 0 Å². The summed E-state index contributed by atoms with van der Waals surface area (Å²) in [6.07, 6.45) is -5.99. The molecule has 1 aliphatic carbocycles. The van der Waals surface area contributed by atoms with Crippen LogP contribution in [-0.2, 0) is 29.4 Å². The first-order chi connectivity index (χ1) is 17.6. The molecular formula is C22H27ClF6N6O3S. The first kappa shape index (κ1) is 31.1. The van der Waals surface area contributed by atoms with Crippen molar-refractivity contribution in [3.8, 4) is 0 Å². The van der Waals surface area contributed by atoms with E-state index < -0.39 is 50.5 Å². The lowest BCUT2D eigenvalue weighted by Crippen LogP contribution is -2.60. The molecule has 1 aliphatic heterocycles. The lowest BCUT2D eigenvalue weighted by molar-refractivity contribution is -0.143. The average molecular weight is 605 g/mol. The summed E-state index contributed by atoms with van der Waals surface area (Å²) in [6.45, 7) is 0.908. The van der Waals surface area contributed by atoms with E-state index in [-0.39, 0.29) is 43.1 Å². The summed E-state index contributed by atoms with van der Waals surface area (Å²) in [5.74, 6) is -1.12. The smallest absolute Gasteiger partial charge is 0.350 e. The molecule has 39 heavy (non-hydrogen) atoms. The van der Waals surface area contributed by atoms with Gasteiger partial charge in [0, 0.05) is 45.3 Å². The fourth-order valence-electron chi connectivity index (χ4n) is 5.11. The number of amides is 1. The number of carbonyl (C=O) groups excluding carboxylic acids is 1. The predicted octanol–water partition coefficient (Wildman–Crippen LogP) is 3.32. The molecule has 0 spiro atoms. The van der Waals surface area contributed by atoms with Gasteiger partial charge in [-0.2, -0.15) is 30.6 Å². The second-order valence-corrected chi connectivity index (χ2v) is 11.4. The highest BCUT2D eigenvalue weighted by Crippen LogP contribution is 2.38. The predicted molar refractivity (Wildman–Crippen MR) is 129 cm³/mol. The molecule has 0 radical (unpaired) electrons. The molecular weight excluding hydrogens is 578 g/mol. The average Bonchev–Trinajstić information content (AvgIpc) is 3.51. The fraction of sp³-hybridized carbons (Fsp3) is 0.591. The molecule has 2 aromatic rings. The monoisotopic (exact) mass is 604 g/mol. The largest absolute Gasteiger partial charge is 0.417 e. The van der Waals surface area contributed by atoms with E-state index in [1.165, 1.54) is 15.2 Å². The first-order valence-corrected chi connectivity index (χ1v) is 13.3. The van der Waals surface area contributed by atoms with E-state index in [9.17, 15) is 39.6 Å². The number of alkyl halides is 6. The molecule has 1 aromatic carbocycles. The fourth-order valence-corrected chi connectivity index (χ4v) is 6.44. The normalized spacial score (nSPS) is 19.1. The zero-order chi connectivity index (χ0) is 27.9. The maximum Gasteiger partial charge on any atom is 0.417 e. The number of halogens is 7. The Labute approximate surface area is 227 Å². The maximum absolute atomic E-state index is 13.5. The Kier molecular flexibility index (Phi) is 8.94. The summed E-state index contributed by atoms with van der Waals surface area (Å²) in [5, 5.41) is 9.66. The number of hydrogen-bond donors (Lipinski definition) is 1. The van der Waals surface area contributed by atoms with Crippen LogP contribution < -0.4 is 5.32 Å². The zero-order valence-corrected chi connectivity index (χ0v) is 22.4. The molecule has 1 amide bonds. The van der Waals surface area contributed by atoms with Crippen molar-refractivity contribution in [3.63, 3.8) is 0 Å². The van der Waals surface area contributed by atoms with Gasteiger partial charge < -0.3 is 5.32 Å². The molecule has 1 saturated carbocycles. The number of carbonyl (C=O) groups is 1. The topological polar surface area (TPSA) is 100 Å². The SMILES string of the molecule is Cl.Cn1cc(S(=O)(=O)N2CCN(C3(CNC(=O)c4ccc(C(F)(F)F)cc4C(F)(F)F)CCCC3)CC2)nn1. The summed E-state index contributed by atoms with van der Waals surface area (Å²) in [4.78, 5) is 14.8. The van der Waals surface area contributed by atoms with E-state index in [0.29, 0.717) is 38.1 Å². The second kappa shape index (κ2) is 11.2. The molecule has 1 saturated heterocycles. The van der Waals surface area contributed by atoms with Crippen molar-refractivity contribution in [1.82, 2.24) is 29.5 Å². The number of piperazine rings is 1. The van der Waals surface area contributed by atoms with E-state index >= 15 is 0 Å². The van der Waals surface area contributed by atoms with Crippen molar-refractivity contribution in [3.05, 3.63) is 41.1 Å². The quantitative estimate of drug-likeness (QED) is 0.508. The number of hydrogen-bond acceptors (Lipinski definition) is 6. The zero-order valence-electron chi connectivity index (χ0n) is 20.7. The summed E-state index contributed by atoms with van der Waals surface area (Å²) < 4.78 is 108. The molecule has 1 aromatic heterocycles. The Hall–Kier alpha value is -2.43. The van der Waals surface area contributed by atoms with Gasteiger partial charge in [0.25, 0.3) is 15.9 Å². The van der Waals surface area contributed by atoms with Crippen LogP contribution in [0.3, 0.4) is 0 Å². The van der Waals surface area contributed by atoms with Gasteiger partial charge in [-0.3, -0.25) is 14.4 Å². The van der Waals surface area contributed by atoms with Gasteiger partial charge in [-0.1, -0.05) is 18.1 Å². The van der Waals surface area contributed by atoms with Crippen molar-refractivity contribution in [1.29, 1.82) is 0 Å². The van der Waals surface area contributed by atoms with Gasteiger partial charge in [0.1, 0.15) is 0 Å². The highest BCUT2D eigenvalue weighted by molar-refractivity contribution is 7.89. The number of nitrogens with zero attached hydrogens (tertiary/aromatic N) is 5. The van der Waals surface area contributed by atoms with Gasteiger partial charge in [0.05, 0.1) is 22.9 Å². The number of aromatic nitrogens is 3. The first-order valence-electron chi connectivity index (χ1n) is 11.8. The Morgan fingerprint density at radius 2 is 1.64 bits per heavy atom. The molecule has 0 atom stereocenters. The van der Waals surface area contributed by atoms with E-state index in [4.69, 9.17) is 0 Å². The van der Waals surface area contributed by atoms with Crippen molar-refractivity contribution >= 4 is 28.3 Å². The third-order valence-electron chi connectivity index (χ3n) is 7.10. The van der Waals surface area contributed by atoms with Crippen molar-refractivity contribution in [2.24, 2.45) is 7.05 Å². The summed E-state index contributed by atoms with van der Waals surface area (Å²) in [7, 11) is -2.30. The minimum Gasteiger partial charge on any atom is -0.350 e. The summed E-state index contributed by atoms with van der Waals surface area (Å²) in [6, 6.07) is 0.932. The number of aryl methyl sites for hydroxylation is 1. The van der Waals surface area contributed by atoms with E-state index in [0.717, 1.165) is 12.8 Å². The minimum absolute atomic E-state index is 0. The Morgan fingerprint density at radius 1 is 1.03 bits per heavy atom. The number of sulfonamides is 1. The van der Waals surface area contributed by atoms with Gasteiger partial charge >= 0.3 is 12.4 Å². The van der Waals surface area contributed by atoms with Crippen molar-refractivity contribution in [2.75, 3.05) is 32.7 Å². The standard InChI is InChI=1S/C22H26F6N6O3S.ClH/c1-32-13-18(30-31-32)38(36,37)34-10-8-33(9-11-34)20(6-2-3-7-20)14-29-19(35)16-5-4-15(21(23,24)25)12-17(16)22(26,27)28;/h4-5,12-13H,2-3,6-11,14H2,1H3,(H,29,35);1H. The molecule has 4 rings (SSSR count). The van der Waals surface area contributed by atoms with Crippen molar-refractivity contribution < 1.29 is 39.6 Å². The van der Waals surface area contributed by atoms with Crippen LogP contribution in [0.1, 0.15) is 47.2 Å². The van der Waals surface area contributed by atoms with Crippen LogP contribution in [0.2, 0.25) is 0 Å². The molecule has 9 nitrogen and oxygen atoms in total. The van der Waals surface area contributed by atoms with E-state index in [2.05, 4.69) is 15.6 Å². The van der Waals surface area contributed by atoms with E-state index in [1.54, 1.807) is 7.05 Å². The lowest BCUT2D eigenvalue weighted by atomic mass is 9.93. The molecule has 218 valence electrons. The van der Waals surface area contributed by atoms with Crippen LogP contribution in [0, 0.1) is 0 Å². The molecule has 2 fully saturated rings. The van der Waals surface area contributed by atoms with Crippen LogP contribution >= 0.6 is 12.4 Å². The highest BCUT2D eigenvalue weighted by Gasteiger charge is 2.44. The summed E-state index contributed by atoms with van der Waals surface area (Å²) >= 11 is 0. The van der Waals surface area contributed by atoms with Gasteiger partial charge in [-0.15, -0.1) is 17.5 Å². The van der Waals surface area contributed by atoms with Crippen LogP contribution in [-0.4, -0.2) is 76.8 Å². The third-order valence-corrected chi connectivity index (χ3v) is 8.87. The Bertz CT molecular complexity index is 1290. The lowest BCUT2D eigenvalue weighted by Gasteiger charge is -2.45. The Balaban J connectivity index is 0.00000420. The van der Waals surface area contributed by atoms with Crippen molar-refractivity contribution in [2.45, 2.75) is 48.6 Å². The van der Waals surface area contributed by atoms with Gasteiger partial charge in [-0.05, 0) is 31.0 Å². The molecule has 17 heteroatoms. The second-order valence-electron chi connectivity index (χ2n) is 9.49. The van der Waals surface area contributed by atoms with Gasteiger partial charge in [0.15, 0.2) is 0 Å². The molecule has 0 bridgehead atoms. The van der Waals surface area contributed by atoms with Gasteiger partial charge in [-0.25, -0.2) is 8.42 Å². The minimum atomic E-state index is -5.16. The van der Waals surface area contributed by atoms with Crippen LogP contribution in [0.4, 0.5) is 26.3 Å².